The zero-order chi connectivity index (χ0) is 30.2. The molecule has 0 radical (unpaired) electrons. The summed E-state index contributed by atoms with van der Waals surface area (Å²) in [7, 11) is 5.91. The van der Waals surface area contributed by atoms with Crippen molar-refractivity contribution >= 4 is 40.5 Å². The third kappa shape index (κ3) is 6.44. The first-order valence-corrected chi connectivity index (χ1v) is 14.1. The number of pyridine rings is 1. The summed E-state index contributed by atoms with van der Waals surface area (Å²) in [6.45, 7) is 10.7. The second-order valence-corrected chi connectivity index (χ2v) is 10.5. The number of aldehydes is 1. The van der Waals surface area contributed by atoms with Gasteiger partial charge in [0, 0.05) is 91.8 Å². The Morgan fingerprint density at radius 2 is 1.88 bits per heavy atom. The molecule has 1 aliphatic heterocycles. The van der Waals surface area contributed by atoms with Crippen LogP contribution >= 0.6 is 0 Å². The van der Waals surface area contributed by atoms with Crippen molar-refractivity contribution in [3.8, 4) is 22.4 Å². The molecule has 4 N–H and O–H groups in total. The van der Waals surface area contributed by atoms with Gasteiger partial charge < -0.3 is 25.8 Å². The van der Waals surface area contributed by atoms with Gasteiger partial charge in [-0.2, -0.15) is 0 Å². The number of hydrogen-bond donors (Lipinski definition) is 3. The highest BCUT2D eigenvalue weighted by atomic mass is 16.1. The average molecular weight is 564 g/mol. The number of likely N-dealkylation sites (N-methyl/N-ethyl adjacent to an activating group) is 1. The van der Waals surface area contributed by atoms with Crippen molar-refractivity contribution in [2.45, 2.75) is 19.9 Å². The monoisotopic (exact) mass is 563 g/mol. The molecule has 3 heterocycles. The number of piperazine rings is 1. The number of aromatic amines is 1. The number of nitrogens with one attached hydrogen (secondary N) is 2. The van der Waals surface area contributed by atoms with Crippen LogP contribution in [-0.2, 0) is 4.79 Å². The standard InChI is InChI=1S/C31H37N7.C3H4O/c1-20-6-7-23(15-28(20)34-4)29-27-14-24(25(16-32)17-33-3)18-35-31(27)36-30(29)22-8-10-26(11-9-22)38-13-12-37(5)21(2)19-38;1-2-3-4/h6-11,14-18,21,34H,12-13,19,32H2,1-5H3,(H,35,36);2-3H,1H2/b25-16+,33-17?;. The van der Waals surface area contributed by atoms with Crippen LogP contribution in [0.3, 0.4) is 0 Å². The maximum Gasteiger partial charge on any atom is 0.142 e. The third-order valence-corrected chi connectivity index (χ3v) is 7.80. The lowest BCUT2D eigenvalue weighted by atomic mass is 9.96. The largest absolute Gasteiger partial charge is 0.404 e. The Morgan fingerprint density at radius 1 is 1.17 bits per heavy atom. The summed E-state index contributed by atoms with van der Waals surface area (Å²) in [6, 6.07) is 18.2. The fourth-order valence-corrected chi connectivity index (χ4v) is 5.27. The molecule has 218 valence electrons. The van der Waals surface area contributed by atoms with E-state index in [4.69, 9.17) is 15.5 Å². The Hall–Kier alpha value is -4.69. The lowest BCUT2D eigenvalue weighted by Gasteiger charge is -2.39. The summed E-state index contributed by atoms with van der Waals surface area (Å²) in [5.74, 6) is 0. The molecular weight excluding hydrogens is 522 g/mol. The second-order valence-electron chi connectivity index (χ2n) is 10.5. The van der Waals surface area contributed by atoms with E-state index in [-0.39, 0.29) is 0 Å². The lowest BCUT2D eigenvalue weighted by Crippen LogP contribution is -2.50. The minimum atomic E-state index is 0.539. The number of allylic oxidation sites excluding steroid dienone is 2. The molecule has 0 amide bonds. The van der Waals surface area contributed by atoms with Crippen molar-refractivity contribution in [3.63, 3.8) is 0 Å². The van der Waals surface area contributed by atoms with Gasteiger partial charge in [-0.15, -0.1) is 0 Å². The maximum absolute atomic E-state index is 9.06. The topological polar surface area (TPSA) is 103 Å². The molecule has 0 bridgehead atoms. The van der Waals surface area contributed by atoms with E-state index in [1.807, 2.05) is 13.2 Å². The van der Waals surface area contributed by atoms with Gasteiger partial charge in [-0.3, -0.25) is 9.79 Å². The highest BCUT2D eigenvalue weighted by Crippen LogP contribution is 2.40. The Kier molecular flexibility index (Phi) is 9.93. The predicted octanol–water partition coefficient (Wildman–Crippen LogP) is 5.76. The van der Waals surface area contributed by atoms with Gasteiger partial charge in [0.15, 0.2) is 0 Å². The molecule has 1 fully saturated rings. The highest BCUT2D eigenvalue weighted by Gasteiger charge is 2.22. The van der Waals surface area contributed by atoms with E-state index in [2.05, 4.69) is 101 Å². The van der Waals surface area contributed by atoms with Crippen molar-refractivity contribution in [1.29, 1.82) is 0 Å². The third-order valence-electron chi connectivity index (χ3n) is 7.80. The van der Waals surface area contributed by atoms with Crippen LogP contribution in [0.2, 0.25) is 0 Å². The van der Waals surface area contributed by atoms with Gasteiger partial charge in [0.25, 0.3) is 0 Å². The van der Waals surface area contributed by atoms with Gasteiger partial charge in [-0.05, 0) is 67.9 Å². The summed E-state index contributed by atoms with van der Waals surface area (Å²) in [5, 5.41) is 4.38. The number of fused-ring (bicyclic) bond motifs is 1. The summed E-state index contributed by atoms with van der Waals surface area (Å²) in [4.78, 5) is 26.5. The van der Waals surface area contributed by atoms with Crippen LogP contribution in [0.4, 0.5) is 11.4 Å². The molecule has 8 heteroatoms. The van der Waals surface area contributed by atoms with E-state index in [0.29, 0.717) is 12.3 Å². The molecule has 2 aromatic carbocycles. The van der Waals surface area contributed by atoms with E-state index in [1.54, 1.807) is 19.5 Å². The number of nitrogens with two attached hydrogens (primary N) is 1. The molecule has 1 saturated heterocycles. The summed E-state index contributed by atoms with van der Waals surface area (Å²) in [6.07, 6.45) is 7.02. The number of carbonyl (C=O) groups is 1. The maximum atomic E-state index is 9.06. The first kappa shape index (κ1) is 30.3. The molecule has 0 spiro atoms. The minimum Gasteiger partial charge on any atom is -0.404 e. The van der Waals surface area contributed by atoms with Crippen molar-refractivity contribution in [2.75, 3.05) is 51.0 Å². The first-order chi connectivity index (χ1) is 20.3. The number of aromatic nitrogens is 2. The SMILES string of the molecule is C=CC=O.CN=C/C(=C\N)c1cnc2[nH]c(-c3ccc(N4CCN(C)C(C)C4)cc3)c(-c3ccc(C)c(NC)c3)c2c1. The fourth-order valence-electron chi connectivity index (χ4n) is 5.27. The molecule has 8 nitrogen and oxygen atoms in total. The van der Waals surface area contributed by atoms with E-state index < -0.39 is 0 Å². The number of H-pyrrole nitrogens is 1. The zero-order valence-electron chi connectivity index (χ0n) is 25.2. The molecule has 42 heavy (non-hydrogen) atoms. The first-order valence-electron chi connectivity index (χ1n) is 14.1. The minimum absolute atomic E-state index is 0.539. The number of rotatable bonds is 7. The van der Waals surface area contributed by atoms with Gasteiger partial charge in [0.1, 0.15) is 11.9 Å². The number of aliphatic imine (C=N–C) groups is 1. The Labute approximate surface area is 248 Å². The summed E-state index contributed by atoms with van der Waals surface area (Å²) < 4.78 is 0. The normalized spacial score (nSPS) is 15.9. The van der Waals surface area contributed by atoms with Gasteiger partial charge in [-0.25, -0.2) is 4.98 Å². The van der Waals surface area contributed by atoms with Crippen LogP contribution in [0.5, 0.6) is 0 Å². The number of benzene rings is 2. The Balaban J connectivity index is 0.000000952. The van der Waals surface area contributed by atoms with Crippen LogP contribution < -0.4 is 16.0 Å². The number of anilines is 2. The van der Waals surface area contributed by atoms with Crippen molar-refractivity contribution < 1.29 is 4.79 Å². The number of hydrogen-bond acceptors (Lipinski definition) is 7. The average Bonchev–Trinajstić information content (AvgIpc) is 3.40. The van der Waals surface area contributed by atoms with Crippen LogP contribution in [0.25, 0.3) is 39.0 Å². The van der Waals surface area contributed by atoms with Gasteiger partial charge >= 0.3 is 0 Å². The van der Waals surface area contributed by atoms with Gasteiger partial charge in [0.2, 0.25) is 0 Å². The smallest absolute Gasteiger partial charge is 0.142 e. The number of aryl methyl sites for hydroxylation is 1. The fraction of sp³-hybridized carbons (Fsp3) is 0.265. The van der Waals surface area contributed by atoms with E-state index in [1.165, 1.54) is 17.3 Å². The molecule has 0 saturated carbocycles. The number of nitrogens with zero attached hydrogens (tertiary/aromatic N) is 4. The van der Waals surface area contributed by atoms with Gasteiger partial charge in [0.05, 0.1) is 5.69 Å². The second kappa shape index (κ2) is 13.8. The molecule has 4 aromatic rings. The lowest BCUT2D eigenvalue weighted by molar-refractivity contribution is -0.104. The summed E-state index contributed by atoms with van der Waals surface area (Å²) in [5.41, 5.74) is 16.5. The van der Waals surface area contributed by atoms with Crippen molar-refractivity contribution in [3.05, 3.63) is 84.7 Å². The van der Waals surface area contributed by atoms with E-state index in [0.717, 1.165) is 69.9 Å². The van der Waals surface area contributed by atoms with E-state index in [9.17, 15) is 0 Å². The molecule has 1 atom stereocenters. The van der Waals surface area contributed by atoms with Crippen LogP contribution in [0.15, 0.2) is 78.6 Å². The quantitative estimate of drug-likeness (QED) is 0.150. The van der Waals surface area contributed by atoms with Crippen molar-refractivity contribution in [1.82, 2.24) is 14.9 Å². The molecular formula is C34H41N7O. The van der Waals surface area contributed by atoms with Crippen LogP contribution in [-0.4, -0.2) is 74.2 Å². The number of carbonyl (C=O) groups excluding carboxylic acids is 1. The van der Waals surface area contributed by atoms with Crippen molar-refractivity contribution in [2.24, 2.45) is 10.7 Å². The van der Waals surface area contributed by atoms with Gasteiger partial charge in [-0.1, -0.05) is 30.8 Å². The zero-order valence-corrected chi connectivity index (χ0v) is 25.2. The Bertz CT molecular complexity index is 1590. The predicted molar refractivity (Wildman–Crippen MR) is 178 cm³/mol. The summed E-state index contributed by atoms with van der Waals surface area (Å²) >= 11 is 0. The molecule has 5 rings (SSSR count). The molecule has 2 aromatic heterocycles. The molecule has 0 aliphatic carbocycles. The molecule has 1 aliphatic rings. The molecule has 1 unspecified atom stereocenters. The Morgan fingerprint density at radius 3 is 2.50 bits per heavy atom. The highest BCUT2D eigenvalue weighted by molar-refractivity contribution is 6.11. The van der Waals surface area contributed by atoms with E-state index >= 15 is 0 Å². The van der Waals surface area contributed by atoms with Crippen LogP contribution in [0.1, 0.15) is 18.1 Å². The van der Waals surface area contributed by atoms with Crippen LogP contribution in [0, 0.1) is 6.92 Å².